The zero-order chi connectivity index (χ0) is 10.4. The van der Waals surface area contributed by atoms with Crippen LogP contribution in [0.25, 0.3) is 0 Å². The lowest BCUT2D eigenvalue weighted by Crippen LogP contribution is -2.25. The van der Waals surface area contributed by atoms with Crippen molar-refractivity contribution in [1.82, 2.24) is 0 Å². The van der Waals surface area contributed by atoms with Crippen LogP contribution in [-0.4, -0.2) is 19.8 Å². The van der Waals surface area contributed by atoms with E-state index in [-0.39, 0.29) is 6.10 Å². The van der Waals surface area contributed by atoms with Crippen molar-refractivity contribution in [2.75, 3.05) is 13.7 Å². The predicted molar refractivity (Wildman–Crippen MR) is 56.8 cm³/mol. The molecular formula is C11H17NO2. The summed E-state index contributed by atoms with van der Waals surface area (Å²) in [4.78, 5) is 0. The smallest absolute Gasteiger partial charge is 0.161 e. The first-order chi connectivity index (χ1) is 6.81. The van der Waals surface area contributed by atoms with E-state index in [1.54, 1.807) is 7.11 Å². The van der Waals surface area contributed by atoms with Crippen molar-refractivity contribution in [1.29, 1.82) is 0 Å². The largest absolute Gasteiger partial charge is 0.493 e. The van der Waals surface area contributed by atoms with Gasteiger partial charge in [-0.2, -0.15) is 0 Å². The van der Waals surface area contributed by atoms with Crippen molar-refractivity contribution < 1.29 is 9.47 Å². The van der Waals surface area contributed by atoms with Crippen molar-refractivity contribution >= 4 is 0 Å². The van der Waals surface area contributed by atoms with Crippen LogP contribution < -0.4 is 15.2 Å². The molecule has 0 amide bonds. The van der Waals surface area contributed by atoms with E-state index in [4.69, 9.17) is 15.2 Å². The second-order valence-corrected chi connectivity index (χ2v) is 3.03. The molecular weight excluding hydrogens is 178 g/mol. The molecule has 0 spiro atoms. The Kier molecular flexibility index (Phi) is 4.26. The molecule has 1 aromatic rings. The highest BCUT2D eigenvalue weighted by Gasteiger charge is 2.08. The number of nitrogens with two attached hydrogens (primary N) is 1. The summed E-state index contributed by atoms with van der Waals surface area (Å²) in [5.74, 6) is 1.51. The first kappa shape index (κ1) is 10.9. The lowest BCUT2D eigenvalue weighted by molar-refractivity contribution is 0.196. The Labute approximate surface area is 84.8 Å². The quantitative estimate of drug-likeness (QED) is 0.779. The average molecular weight is 195 g/mol. The van der Waals surface area contributed by atoms with Gasteiger partial charge in [-0.05, 0) is 18.6 Å². The van der Waals surface area contributed by atoms with Gasteiger partial charge in [0.2, 0.25) is 0 Å². The third-order valence-corrected chi connectivity index (χ3v) is 2.08. The molecule has 1 aromatic carbocycles. The second-order valence-electron chi connectivity index (χ2n) is 3.03. The van der Waals surface area contributed by atoms with Crippen LogP contribution in [0.5, 0.6) is 11.5 Å². The van der Waals surface area contributed by atoms with Gasteiger partial charge >= 0.3 is 0 Å². The van der Waals surface area contributed by atoms with Gasteiger partial charge in [-0.25, -0.2) is 0 Å². The van der Waals surface area contributed by atoms with Crippen molar-refractivity contribution in [3.8, 4) is 11.5 Å². The van der Waals surface area contributed by atoms with E-state index in [1.807, 2.05) is 31.2 Å². The highest BCUT2D eigenvalue weighted by atomic mass is 16.5. The number of hydrogen-bond donors (Lipinski definition) is 1. The number of methoxy groups -OCH3 is 1. The van der Waals surface area contributed by atoms with Gasteiger partial charge in [0.05, 0.1) is 7.11 Å². The highest BCUT2D eigenvalue weighted by molar-refractivity contribution is 5.39. The van der Waals surface area contributed by atoms with Gasteiger partial charge < -0.3 is 15.2 Å². The summed E-state index contributed by atoms with van der Waals surface area (Å²) in [5.41, 5.74) is 5.56. The summed E-state index contributed by atoms with van der Waals surface area (Å²) in [6.45, 7) is 2.57. The fraction of sp³-hybridized carbons (Fsp3) is 0.455. The first-order valence-electron chi connectivity index (χ1n) is 4.81. The van der Waals surface area contributed by atoms with Gasteiger partial charge in [0.1, 0.15) is 6.10 Å². The molecule has 1 unspecified atom stereocenters. The minimum atomic E-state index is 0.0614. The maximum atomic E-state index is 5.68. The molecule has 0 aliphatic rings. The lowest BCUT2D eigenvalue weighted by atomic mass is 10.2. The van der Waals surface area contributed by atoms with Crippen molar-refractivity contribution in [3.05, 3.63) is 24.3 Å². The molecule has 0 fully saturated rings. The fourth-order valence-electron chi connectivity index (χ4n) is 1.19. The van der Waals surface area contributed by atoms with Crippen molar-refractivity contribution in [2.24, 2.45) is 5.73 Å². The standard InChI is InChI=1S/C11H17NO2/c1-3-9(8-12)14-11-7-5-4-6-10(11)13-2/h4-7,9H,3,8,12H2,1-2H3. The molecule has 0 bridgehead atoms. The number of hydrogen-bond acceptors (Lipinski definition) is 3. The molecule has 2 N–H and O–H groups in total. The van der Waals surface area contributed by atoms with Gasteiger partial charge in [0.25, 0.3) is 0 Å². The van der Waals surface area contributed by atoms with E-state index in [2.05, 4.69) is 0 Å². The summed E-state index contributed by atoms with van der Waals surface area (Å²) in [6.07, 6.45) is 0.959. The van der Waals surface area contributed by atoms with E-state index >= 15 is 0 Å². The Morgan fingerprint density at radius 1 is 1.29 bits per heavy atom. The molecule has 0 heterocycles. The van der Waals surface area contributed by atoms with E-state index in [0.717, 1.165) is 17.9 Å². The molecule has 14 heavy (non-hydrogen) atoms. The molecule has 0 aromatic heterocycles. The molecule has 0 aliphatic carbocycles. The topological polar surface area (TPSA) is 44.5 Å². The molecule has 0 radical (unpaired) electrons. The summed E-state index contributed by atoms with van der Waals surface area (Å²) >= 11 is 0. The monoisotopic (exact) mass is 195 g/mol. The Morgan fingerprint density at radius 3 is 2.43 bits per heavy atom. The maximum absolute atomic E-state index is 5.68. The average Bonchev–Trinajstić information content (AvgIpc) is 2.26. The van der Waals surface area contributed by atoms with Crippen molar-refractivity contribution in [3.63, 3.8) is 0 Å². The number of ether oxygens (including phenoxy) is 2. The van der Waals surface area contributed by atoms with Crippen LogP contribution in [-0.2, 0) is 0 Å². The van der Waals surface area contributed by atoms with E-state index in [1.165, 1.54) is 0 Å². The van der Waals surface area contributed by atoms with Gasteiger partial charge in [-0.3, -0.25) is 0 Å². The van der Waals surface area contributed by atoms with Crippen LogP contribution in [0.4, 0.5) is 0 Å². The Bertz CT molecular complexity index is 272. The minimum Gasteiger partial charge on any atom is -0.493 e. The Hall–Kier alpha value is -1.22. The summed E-state index contributed by atoms with van der Waals surface area (Å²) < 4.78 is 10.9. The number of benzene rings is 1. The van der Waals surface area contributed by atoms with Crippen LogP contribution in [0.2, 0.25) is 0 Å². The highest BCUT2D eigenvalue weighted by Crippen LogP contribution is 2.26. The third kappa shape index (κ3) is 2.64. The van der Waals surface area contributed by atoms with E-state index in [0.29, 0.717) is 6.54 Å². The van der Waals surface area contributed by atoms with Crippen LogP contribution in [0.3, 0.4) is 0 Å². The van der Waals surface area contributed by atoms with Gasteiger partial charge in [0, 0.05) is 6.54 Å². The molecule has 1 atom stereocenters. The molecule has 0 saturated heterocycles. The molecule has 0 aliphatic heterocycles. The fourth-order valence-corrected chi connectivity index (χ4v) is 1.19. The summed E-state index contributed by atoms with van der Waals surface area (Å²) in [6, 6.07) is 7.59. The lowest BCUT2D eigenvalue weighted by Gasteiger charge is -2.17. The molecule has 3 nitrogen and oxygen atoms in total. The predicted octanol–water partition coefficient (Wildman–Crippen LogP) is 1.81. The van der Waals surface area contributed by atoms with E-state index < -0.39 is 0 Å². The maximum Gasteiger partial charge on any atom is 0.161 e. The molecule has 3 heteroatoms. The SMILES string of the molecule is CCC(CN)Oc1ccccc1OC. The third-order valence-electron chi connectivity index (χ3n) is 2.08. The summed E-state index contributed by atoms with van der Waals surface area (Å²) in [7, 11) is 1.63. The van der Waals surface area contributed by atoms with Crippen LogP contribution in [0.15, 0.2) is 24.3 Å². The van der Waals surface area contributed by atoms with Crippen LogP contribution >= 0.6 is 0 Å². The normalized spacial score (nSPS) is 12.2. The number of para-hydroxylation sites is 2. The molecule has 1 rings (SSSR count). The van der Waals surface area contributed by atoms with E-state index in [9.17, 15) is 0 Å². The minimum absolute atomic E-state index is 0.0614. The van der Waals surface area contributed by atoms with Crippen molar-refractivity contribution in [2.45, 2.75) is 19.4 Å². The second kappa shape index (κ2) is 5.50. The molecule has 0 saturated carbocycles. The Morgan fingerprint density at radius 2 is 1.93 bits per heavy atom. The first-order valence-corrected chi connectivity index (χ1v) is 4.81. The van der Waals surface area contributed by atoms with Gasteiger partial charge in [-0.1, -0.05) is 19.1 Å². The number of rotatable bonds is 5. The van der Waals surface area contributed by atoms with Crippen LogP contribution in [0, 0.1) is 0 Å². The zero-order valence-corrected chi connectivity index (χ0v) is 8.69. The summed E-state index contributed by atoms with van der Waals surface area (Å²) in [5, 5.41) is 0. The van der Waals surface area contributed by atoms with Gasteiger partial charge in [-0.15, -0.1) is 0 Å². The van der Waals surface area contributed by atoms with Gasteiger partial charge in [0.15, 0.2) is 11.5 Å². The Balaban J connectivity index is 2.74. The zero-order valence-electron chi connectivity index (χ0n) is 8.69. The molecule has 78 valence electrons. The van der Waals surface area contributed by atoms with Crippen LogP contribution in [0.1, 0.15) is 13.3 Å².